The van der Waals surface area contributed by atoms with Gasteiger partial charge in [-0.05, 0) is 20.0 Å². The Morgan fingerprint density at radius 2 is 2.12 bits per heavy atom. The molecule has 1 aromatic heterocycles. The summed E-state index contributed by atoms with van der Waals surface area (Å²) in [4.78, 5) is 16.3. The van der Waals surface area contributed by atoms with Gasteiger partial charge in [-0.1, -0.05) is 22.5 Å². The van der Waals surface area contributed by atoms with Crippen LogP contribution in [0.3, 0.4) is 0 Å². The second kappa shape index (κ2) is 5.51. The minimum atomic E-state index is -1.17. The molecule has 2 aliphatic rings. The lowest BCUT2D eigenvalue weighted by Gasteiger charge is -2.36. The van der Waals surface area contributed by atoms with Crippen molar-refractivity contribution in [2.24, 2.45) is 5.73 Å². The topological polar surface area (TPSA) is 135 Å². The summed E-state index contributed by atoms with van der Waals surface area (Å²) in [6.45, 7) is 5.55. The molecule has 24 heavy (non-hydrogen) atoms. The number of H-pyrrole nitrogens is 1. The lowest BCUT2D eigenvalue weighted by atomic mass is 9.83. The van der Waals surface area contributed by atoms with Crippen molar-refractivity contribution in [3.05, 3.63) is 33.6 Å². The number of aromatic amines is 1. The Morgan fingerprint density at radius 3 is 2.62 bits per heavy atom. The molecule has 9 heteroatoms. The molecule has 4 atom stereocenters. The van der Waals surface area contributed by atoms with E-state index in [1.807, 2.05) is 0 Å². The minimum absolute atomic E-state index is 0.0731. The fourth-order valence-electron chi connectivity index (χ4n) is 3.35. The molecule has 8 nitrogen and oxygen atoms in total. The summed E-state index contributed by atoms with van der Waals surface area (Å²) in [7, 11) is 1.70. The lowest BCUT2D eigenvalue weighted by molar-refractivity contribution is 0.0380. The number of aliphatic hydroxyl groups excluding tert-OH is 2. The van der Waals surface area contributed by atoms with E-state index >= 15 is 0 Å². The van der Waals surface area contributed by atoms with Crippen molar-refractivity contribution < 1.29 is 20.1 Å². The fraction of sp³-hybridized carbons (Fsp3) is 0.400. The van der Waals surface area contributed by atoms with E-state index in [0.29, 0.717) is 26.9 Å². The van der Waals surface area contributed by atoms with Crippen molar-refractivity contribution in [3.63, 3.8) is 0 Å². The van der Waals surface area contributed by atoms with E-state index in [0.717, 1.165) is 0 Å². The maximum absolute atomic E-state index is 11.8. The molecule has 0 bridgehead atoms. The first-order chi connectivity index (χ1) is 11.1. The molecule has 0 saturated carbocycles. The number of aromatic nitrogens is 1. The van der Waals surface area contributed by atoms with E-state index in [9.17, 15) is 20.1 Å². The number of carboxylic acid groups (broad SMARTS) is 1. The Bertz CT molecular complexity index is 774. The number of nitrogens with zero attached hydrogens (tertiary/aromatic N) is 1. The zero-order chi connectivity index (χ0) is 18.0. The molecule has 0 radical (unpaired) electrons. The highest BCUT2D eigenvalue weighted by atomic mass is 79.9. The van der Waals surface area contributed by atoms with Gasteiger partial charge in [0.1, 0.15) is 24.3 Å². The van der Waals surface area contributed by atoms with Gasteiger partial charge in [-0.25, -0.2) is 4.79 Å². The Labute approximate surface area is 146 Å². The number of hydrogen-bond acceptors (Lipinski definition) is 6. The molecule has 3 rings (SSSR count). The van der Waals surface area contributed by atoms with Crippen LogP contribution in [0, 0.1) is 0 Å². The normalized spacial score (nSPS) is 33.5. The summed E-state index contributed by atoms with van der Waals surface area (Å²) in [5.41, 5.74) is 6.49. The second-order valence-corrected chi connectivity index (χ2v) is 7.11. The molecule has 0 amide bonds. The molecule has 1 aliphatic heterocycles. The Hall–Kier alpha value is -1.49. The van der Waals surface area contributed by atoms with Crippen LogP contribution >= 0.6 is 15.9 Å². The number of carbonyl (C=O) groups is 1. The Kier molecular flexibility index (Phi) is 3.98. The summed E-state index contributed by atoms with van der Waals surface area (Å²) < 4.78 is 0.466. The van der Waals surface area contributed by atoms with Gasteiger partial charge in [0.05, 0.1) is 11.2 Å². The van der Waals surface area contributed by atoms with Gasteiger partial charge < -0.3 is 26.0 Å². The number of nitrogens with two attached hydrogens (primary N) is 1. The van der Waals surface area contributed by atoms with Crippen molar-refractivity contribution in [1.29, 1.82) is 0 Å². The summed E-state index contributed by atoms with van der Waals surface area (Å²) >= 11 is 3.29. The first kappa shape index (κ1) is 17.3. The fourth-order valence-corrected chi connectivity index (χ4v) is 3.85. The predicted molar refractivity (Wildman–Crippen MR) is 91.9 cm³/mol. The first-order valence-corrected chi connectivity index (χ1v) is 8.06. The van der Waals surface area contributed by atoms with Crippen molar-refractivity contribution in [1.82, 2.24) is 15.2 Å². The number of hydrogen-bond donors (Lipinski definition) is 6. The van der Waals surface area contributed by atoms with Gasteiger partial charge in [0.15, 0.2) is 0 Å². The Balaban J connectivity index is 2.32. The summed E-state index contributed by atoms with van der Waals surface area (Å²) in [5.74, 6) is -1.17. The molecule has 0 spiro atoms. The van der Waals surface area contributed by atoms with E-state index in [1.165, 1.54) is 0 Å². The van der Waals surface area contributed by atoms with Gasteiger partial charge in [-0.2, -0.15) is 0 Å². The van der Waals surface area contributed by atoms with E-state index in [1.54, 1.807) is 24.9 Å². The summed E-state index contributed by atoms with van der Waals surface area (Å²) in [6.07, 6.45) is -1.03. The third-order valence-electron chi connectivity index (χ3n) is 4.96. The number of carboxylic acids is 1. The van der Waals surface area contributed by atoms with E-state index in [-0.39, 0.29) is 5.69 Å². The van der Waals surface area contributed by atoms with Gasteiger partial charge in [0.25, 0.3) is 0 Å². The molecule has 4 unspecified atom stereocenters. The maximum Gasteiger partial charge on any atom is 0.352 e. The largest absolute Gasteiger partial charge is 0.477 e. The highest BCUT2D eigenvalue weighted by Crippen LogP contribution is 2.45. The monoisotopic (exact) mass is 398 g/mol. The molecule has 130 valence electrons. The van der Waals surface area contributed by atoms with Crippen LogP contribution in [-0.4, -0.2) is 56.8 Å². The average Bonchev–Trinajstić information content (AvgIpc) is 2.98. The SMILES string of the molecule is C=C1c2[nH]c(C(=O)O)c(C3(C)C(O)NC(N)N3C)c2C=C(Br)C1O. The van der Waals surface area contributed by atoms with Crippen LogP contribution in [0.5, 0.6) is 0 Å². The summed E-state index contributed by atoms with van der Waals surface area (Å²) in [6, 6.07) is 0. The van der Waals surface area contributed by atoms with Crippen molar-refractivity contribution in [3.8, 4) is 0 Å². The van der Waals surface area contributed by atoms with Crippen LogP contribution in [0.1, 0.15) is 34.2 Å². The Morgan fingerprint density at radius 1 is 1.50 bits per heavy atom. The molecule has 1 aliphatic carbocycles. The summed E-state index contributed by atoms with van der Waals surface area (Å²) in [5, 5.41) is 33.1. The van der Waals surface area contributed by atoms with Crippen LogP contribution in [-0.2, 0) is 5.54 Å². The average molecular weight is 399 g/mol. The quantitative estimate of drug-likeness (QED) is 0.417. The molecule has 1 aromatic rings. The first-order valence-electron chi connectivity index (χ1n) is 7.27. The van der Waals surface area contributed by atoms with Crippen molar-refractivity contribution in [2.75, 3.05) is 7.05 Å². The van der Waals surface area contributed by atoms with Crippen LogP contribution in [0.25, 0.3) is 11.6 Å². The number of halogens is 1. The molecule has 7 N–H and O–H groups in total. The molecular weight excluding hydrogens is 380 g/mol. The van der Waals surface area contributed by atoms with Crippen molar-refractivity contribution >= 4 is 33.5 Å². The van der Waals surface area contributed by atoms with Gasteiger partial charge in [0.2, 0.25) is 0 Å². The smallest absolute Gasteiger partial charge is 0.352 e. The second-order valence-electron chi connectivity index (χ2n) is 6.20. The van der Waals surface area contributed by atoms with Crippen LogP contribution in [0.2, 0.25) is 0 Å². The molecule has 1 saturated heterocycles. The molecule has 2 heterocycles. The highest BCUT2D eigenvalue weighted by Gasteiger charge is 2.52. The van der Waals surface area contributed by atoms with Gasteiger partial charge >= 0.3 is 5.97 Å². The molecule has 0 aromatic carbocycles. The van der Waals surface area contributed by atoms with E-state index in [2.05, 4.69) is 32.8 Å². The minimum Gasteiger partial charge on any atom is -0.477 e. The number of aliphatic hydroxyl groups is 2. The van der Waals surface area contributed by atoms with Gasteiger partial charge in [-0.15, -0.1) is 0 Å². The van der Waals surface area contributed by atoms with Crippen LogP contribution < -0.4 is 11.1 Å². The number of fused-ring (bicyclic) bond motifs is 1. The van der Waals surface area contributed by atoms with Gasteiger partial charge in [0, 0.05) is 21.2 Å². The number of aromatic carboxylic acids is 1. The third kappa shape index (κ3) is 2.13. The maximum atomic E-state index is 11.8. The third-order valence-corrected chi connectivity index (χ3v) is 5.63. The predicted octanol–water partition coefficient (Wildman–Crippen LogP) is 0.147. The molecule has 1 fully saturated rings. The zero-order valence-corrected chi connectivity index (χ0v) is 14.8. The zero-order valence-electron chi connectivity index (χ0n) is 13.2. The lowest BCUT2D eigenvalue weighted by Crippen LogP contribution is -2.48. The van der Waals surface area contributed by atoms with Crippen LogP contribution in [0.4, 0.5) is 0 Å². The number of likely N-dealkylation sites (N-methyl/N-ethyl adjacent to an activating group) is 1. The number of rotatable bonds is 2. The van der Waals surface area contributed by atoms with E-state index < -0.39 is 30.1 Å². The van der Waals surface area contributed by atoms with Crippen molar-refractivity contribution in [2.45, 2.75) is 31.1 Å². The number of nitrogens with one attached hydrogen (secondary N) is 2. The standard InChI is InChI=1S/C15H19BrN4O4/c1-5-9-6(4-7(16)11(5)21)8(10(18-9)12(22)23)15(2)13(24)19-14(17)20(15)3/h4,11,13-14,18-19,21,24H,1,17H2,2-3H3,(H,22,23). The van der Waals surface area contributed by atoms with Gasteiger partial charge in [-0.3, -0.25) is 10.2 Å². The van der Waals surface area contributed by atoms with E-state index in [4.69, 9.17) is 5.73 Å². The molecular formula is C15H19BrN4O4. The highest BCUT2D eigenvalue weighted by molar-refractivity contribution is 9.11. The van der Waals surface area contributed by atoms with Crippen LogP contribution in [0.15, 0.2) is 11.1 Å².